The van der Waals surface area contributed by atoms with Crippen LogP contribution < -0.4 is 4.74 Å². The zero-order valence-electron chi connectivity index (χ0n) is 12.2. The summed E-state index contributed by atoms with van der Waals surface area (Å²) in [5.41, 5.74) is -0.354. The van der Waals surface area contributed by atoms with Crippen molar-refractivity contribution in [3.05, 3.63) is 29.8 Å². The van der Waals surface area contributed by atoms with Crippen molar-refractivity contribution in [2.24, 2.45) is 0 Å². The van der Waals surface area contributed by atoms with E-state index < -0.39 is 11.7 Å². The van der Waals surface area contributed by atoms with Crippen molar-refractivity contribution in [1.82, 2.24) is 4.90 Å². The van der Waals surface area contributed by atoms with Crippen LogP contribution in [0.4, 0.5) is 0 Å². The summed E-state index contributed by atoms with van der Waals surface area (Å²) in [7, 11) is 1.82. The average Bonchev–Trinajstić information content (AvgIpc) is 2.34. The fourth-order valence-electron chi connectivity index (χ4n) is 2.01. The number of para-hydroxylation sites is 1. The summed E-state index contributed by atoms with van der Waals surface area (Å²) in [5.74, 6) is 0.471. The Balaban J connectivity index is 2.44. The molecule has 0 spiro atoms. The maximum atomic E-state index is 9.91. The lowest BCUT2D eigenvalue weighted by atomic mass is 10.1. The number of hydrogen-bond acceptors (Lipinski definition) is 5. The second kappa shape index (κ2) is 7.25. The molecule has 0 fully saturated rings. The summed E-state index contributed by atoms with van der Waals surface area (Å²) in [6, 6.07) is 8.95. The van der Waals surface area contributed by atoms with Crippen LogP contribution in [-0.4, -0.2) is 53.6 Å². The highest BCUT2D eigenvalue weighted by Gasteiger charge is 2.18. The number of nitriles is 1. The van der Waals surface area contributed by atoms with E-state index in [1.807, 2.05) is 18.0 Å². The van der Waals surface area contributed by atoms with Crippen molar-refractivity contribution < 1.29 is 14.9 Å². The summed E-state index contributed by atoms with van der Waals surface area (Å²) < 4.78 is 5.46. The summed E-state index contributed by atoms with van der Waals surface area (Å²) in [5, 5.41) is 28.5. The van der Waals surface area contributed by atoms with Crippen LogP contribution in [0, 0.1) is 11.3 Å². The van der Waals surface area contributed by atoms with Gasteiger partial charge in [-0.2, -0.15) is 5.26 Å². The molecule has 110 valence electrons. The standard InChI is InChI=1S/C15H22N2O3/c1-15(2,19)11-17(3)9-13(18)10-20-14-7-5-4-6-12(14)8-16/h4-7,13,18-19H,9-11H2,1-3H3. The third kappa shape index (κ3) is 6.02. The first-order valence-electron chi connectivity index (χ1n) is 6.53. The Morgan fingerprint density at radius 3 is 2.65 bits per heavy atom. The highest BCUT2D eigenvalue weighted by Crippen LogP contribution is 2.16. The first-order chi connectivity index (χ1) is 9.31. The van der Waals surface area contributed by atoms with Gasteiger partial charge in [-0.05, 0) is 33.0 Å². The van der Waals surface area contributed by atoms with Crippen molar-refractivity contribution in [2.75, 3.05) is 26.7 Å². The number of rotatable bonds is 7. The molecule has 1 aromatic carbocycles. The van der Waals surface area contributed by atoms with E-state index in [1.165, 1.54) is 0 Å². The molecule has 0 bridgehead atoms. The van der Waals surface area contributed by atoms with E-state index in [1.54, 1.807) is 38.1 Å². The van der Waals surface area contributed by atoms with Crippen LogP contribution in [0.25, 0.3) is 0 Å². The smallest absolute Gasteiger partial charge is 0.137 e. The second-order valence-corrected chi connectivity index (χ2v) is 5.58. The molecule has 1 rings (SSSR count). The van der Waals surface area contributed by atoms with Crippen LogP contribution in [0.15, 0.2) is 24.3 Å². The molecule has 0 aliphatic carbocycles. The zero-order chi connectivity index (χ0) is 15.2. The number of aliphatic hydroxyl groups is 2. The second-order valence-electron chi connectivity index (χ2n) is 5.58. The normalized spacial score (nSPS) is 13.1. The first-order valence-corrected chi connectivity index (χ1v) is 6.53. The van der Waals surface area contributed by atoms with Crippen molar-refractivity contribution in [2.45, 2.75) is 25.6 Å². The van der Waals surface area contributed by atoms with Crippen LogP contribution in [0.2, 0.25) is 0 Å². The molecule has 20 heavy (non-hydrogen) atoms. The molecule has 0 saturated carbocycles. The van der Waals surface area contributed by atoms with Gasteiger partial charge in [0, 0.05) is 13.1 Å². The molecule has 0 heterocycles. The fraction of sp³-hybridized carbons (Fsp3) is 0.533. The lowest BCUT2D eigenvalue weighted by molar-refractivity contribution is 0.0194. The number of nitrogens with zero attached hydrogens (tertiary/aromatic N) is 2. The van der Waals surface area contributed by atoms with E-state index in [9.17, 15) is 10.2 Å². The molecule has 5 heteroatoms. The lowest BCUT2D eigenvalue weighted by Crippen LogP contribution is -2.41. The Labute approximate surface area is 120 Å². The Morgan fingerprint density at radius 2 is 2.05 bits per heavy atom. The molecule has 1 atom stereocenters. The van der Waals surface area contributed by atoms with Gasteiger partial charge in [-0.15, -0.1) is 0 Å². The first kappa shape index (κ1) is 16.4. The maximum absolute atomic E-state index is 9.91. The molecule has 0 amide bonds. The quantitative estimate of drug-likeness (QED) is 0.778. The van der Waals surface area contributed by atoms with Gasteiger partial charge in [-0.1, -0.05) is 12.1 Å². The third-order valence-corrected chi connectivity index (χ3v) is 2.62. The minimum Gasteiger partial charge on any atom is -0.489 e. The molecule has 2 N–H and O–H groups in total. The highest BCUT2D eigenvalue weighted by atomic mass is 16.5. The van der Waals surface area contributed by atoms with E-state index in [2.05, 4.69) is 0 Å². The molecule has 1 unspecified atom stereocenters. The largest absolute Gasteiger partial charge is 0.489 e. The monoisotopic (exact) mass is 278 g/mol. The van der Waals surface area contributed by atoms with E-state index in [4.69, 9.17) is 10.00 Å². The molecule has 5 nitrogen and oxygen atoms in total. The van der Waals surface area contributed by atoms with Crippen molar-refractivity contribution >= 4 is 0 Å². The van der Waals surface area contributed by atoms with Gasteiger partial charge in [0.05, 0.1) is 11.2 Å². The van der Waals surface area contributed by atoms with Gasteiger partial charge >= 0.3 is 0 Å². The van der Waals surface area contributed by atoms with Gasteiger partial charge in [-0.25, -0.2) is 0 Å². The van der Waals surface area contributed by atoms with E-state index in [0.717, 1.165) is 0 Å². The third-order valence-electron chi connectivity index (χ3n) is 2.62. The van der Waals surface area contributed by atoms with Gasteiger partial charge in [0.1, 0.15) is 24.5 Å². The van der Waals surface area contributed by atoms with Crippen LogP contribution in [0.1, 0.15) is 19.4 Å². The van der Waals surface area contributed by atoms with Crippen LogP contribution in [0.5, 0.6) is 5.75 Å². The molecule has 1 aromatic rings. The minimum atomic E-state index is -0.803. The number of ether oxygens (including phenoxy) is 1. The number of aliphatic hydroxyl groups excluding tert-OH is 1. The Morgan fingerprint density at radius 1 is 1.40 bits per heavy atom. The van der Waals surface area contributed by atoms with Crippen LogP contribution in [0.3, 0.4) is 0 Å². The average molecular weight is 278 g/mol. The van der Waals surface area contributed by atoms with Crippen LogP contribution >= 0.6 is 0 Å². The van der Waals surface area contributed by atoms with Gasteiger partial charge < -0.3 is 19.8 Å². The van der Waals surface area contributed by atoms with Crippen molar-refractivity contribution in [3.8, 4) is 11.8 Å². The van der Waals surface area contributed by atoms with Crippen molar-refractivity contribution in [3.63, 3.8) is 0 Å². The van der Waals surface area contributed by atoms with Gasteiger partial charge in [0.25, 0.3) is 0 Å². The van der Waals surface area contributed by atoms with Crippen LogP contribution in [-0.2, 0) is 0 Å². The summed E-state index contributed by atoms with van der Waals surface area (Å²) in [6.45, 7) is 4.39. The maximum Gasteiger partial charge on any atom is 0.137 e. The SMILES string of the molecule is CN(CC(O)COc1ccccc1C#N)CC(C)(C)O. The minimum absolute atomic E-state index is 0.106. The topological polar surface area (TPSA) is 76.7 Å². The Bertz CT molecular complexity index is 463. The van der Waals surface area contributed by atoms with Gasteiger partial charge in [0.15, 0.2) is 0 Å². The Hall–Kier alpha value is -1.61. The van der Waals surface area contributed by atoms with Gasteiger partial charge in [-0.3, -0.25) is 0 Å². The molecular formula is C15H22N2O3. The lowest BCUT2D eigenvalue weighted by Gasteiger charge is -2.27. The number of hydrogen-bond donors (Lipinski definition) is 2. The molecule has 0 radical (unpaired) electrons. The van der Waals surface area contributed by atoms with E-state index in [0.29, 0.717) is 24.4 Å². The zero-order valence-corrected chi connectivity index (χ0v) is 12.2. The summed E-state index contributed by atoms with van der Waals surface area (Å²) in [4.78, 5) is 1.84. The van der Waals surface area contributed by atoms with E-state index in [-0.39, 0.29) is 6.61 Å². The molecule has 0 saturated heterocycles. The van der Waals surface area contributed by atoms with Crippen molar-refractivity contribution in [1.29, 1.82) is 5.26 Å². The summed E-state index contributed by atoms with van der Waals surface area (Å²) in [6.07, 6.45) is -0.686. The fourth-order valence-corrected chi connectivity index (χ4v) is 2.01. The molecule has 0 aliphatic heterocycles. The molecular weight excluding hydrogens is 256 g/mol. The predicted molar refractivity (Wildman–Crippen MR) is 76.5 cm³/mol. The summed E-state index contributed by atoms with van der Waals surface area (Å²) >= 11 is 0. The highest BCUT2D eigenvalue weighted by molar-refractivity contribution is 5.42. The Kier molecular flexibility index (Phi) is 5.96. The molecule has 0 aromatic heterocycles. The van der Waals surface area contributed by atoms with Gasteiger partial charge in [0.2, 0.25) is 0 Å². The van der Waals surface area contributed by atoms with E-state index >= 15 is 0 Å². The molecule has 0 aliphatic rings. The number of benzene rings is 1. The predicted octanol–water partition coefficient (Wildman–Crippen LogP) is 1.00. The number of likely N-dealkylation sites (N-methyl/N-ethyl adjacent to an activating group) is 1.